The van der Waals surface area contributed by atoms with Crippen LogP contribution < -0.4 is 4.74 Å². The molecule has 4 nitrogen and oxygen atoms in total. The fourth-order valence-corrected chi connectivity index (χ4v) is 1.47. The molecule has 0 radical (unpaired) electrons. The van der Waals surface area contributed by atoms with E-state index in [1.165, 1.54) is 18.2 Å². The summed E-state index contributed by atoms with van der Waals surface area (Å²) in [6.07, 6.45) is -1.54. The van der Waals surface area contributed by atoms with Gasteiger partial charge in [0.05, 0.1) is 12.7 Å². The molecular formula is C13H19FO4. The van der Waals surface area contributed by atoms with Crippen molar-refractivity contribution in [2.45, 2.75) is 26.1 Å². The quantitative estimate of drug-likeness (QED) is 0.781. The first kappa shape index (κ1) is 14.9. The second-order valence-corrected chi connectivity index (χ2v) is 3.98. The standard InChI is InChI=1S/C13H19FO4/c1-3-17-7-11(16)8-18-13-6-10(14)4-5-12(13)9(2)15/h4-6,9,11,15-16H,3,7-8H2,1-2H3/t9-,11?/m1/s1. The fraction of sp³-hybridized carbons (Fsp3) is 0.538. The highest BCUT2D eigenvalue weighted by molar-refractivity contribution is 5.35. The first-order valence-corrected chi connectivity index (χ1v) is 5.90. The predicted octanol–water partition coefficient (Wildman–Crippen LogP) is 1.66. The highest BCUT2D eigenvalue weighted by Gasteiger charge is 2.12. The normalized spacial score (nSPS) is 14.3. The molecule has 2 N–H and O–H groups in total. The van der Waals surface area contributed by atoms with Gasteiger partial charge in [-0.1, -0.05) is 0 Å². The third-order valence-corrected chi connectivity index (χ3v) is 2.37. The molecule has 0 aromatic heterocycles. The zero-order valence-electron chi connectivity index (χ0n) is 10.6. The Labute approximate surface area is 106 Å². The van der Waals surface area contributed by atoms with Crippen LogP contribution in [0.3, 0.4) is 0 Å². The van der Waals surface area contributed by atoms with Gasteiger partial charge in [-0.25, -0.2) is 4.39 Å². The van der Waals surface area contributed by atoms with Gasteiger partial charge < -0.3 is 19.7 Å². The monoisotopic (exact) mass is 258 g/mol. The first-order chi connectivity index (χ1) is 8.54. The van der Waals surface area contributed by atoms with E-state index in [9.17, 15) is 14.6 Å². The average Bonchev–Trinajstić information content (AvgIpc) is 2.33. The Morgan fingerprint density at radius 1 is 1.28 bits per heavy atom. The summed E-state index contributed by atoms with van der Waals surface area (Å²) in [6.45, 7) is 4.05. The molecule has 0 heterocycles. The van der Waals surface area contributed by atoms with Crippen LogP contribution in [-0.2, 0) is 4.74 Å². The molecular weight excluding hydrogens is 239 g/mol. The molecule has 0 amide bonds. The van der Waals surface area contributed by atoms with Crippen molar-refractivity contribution in [3.05, 3.63) is 29.6 Å². The van der Waals surface area contributed by atoms with Crippen molar-refractivity contribution in [3.8, 4) is 5.75 Å². The molecule has 0 bridgehead atoms. The van der Waals surface area contributed by atoms with Gasteiger partial charge in [-0.2, -0.15) is 0 Å². The molecule has 0 aliphatic carbocycles. The van der Waals surface area contributed by atoms with E-state index >= 15 is 0 Å². The third kappa shape index (κ3) is 4.60. The number of hydrogen-bond acceptors (Lipinski definition) is 4. The molecule has 0 saturated heterocycles. The molecule has 0 fully saturated rings. The summed E-state index contributed by atoms with van der Waals surface area (Å²) in [5, 5.41) is 19.0. The third-order valence-electron chi connectivity index (χ3n) is 2.37. The molecule has 1 aromatic carbocycles. The van der Waals surface area contributed by atoms with Crippen LogP contribution in [0.25, 0.3) is 0 Å². The van der Waals surface area contributed by atoms with Crippen molar-refractivity contribution in [3.63, 3.8) is 0 Å². The maximum Gasteiger partial charge on any atom is 0.128 e. The van der Waals surface area contributed by atoms with Gasteiger partial charge in [-0.05, 0) is 26.0 Å². The van der Waals surface area contributed by atoms with Crippen molar-refractivity contribution >= 4 is 0 Å². The lowest BCUT2D eigenvalue weighted by molar-refractivity contribution is 0.0157. The summed E-state index contributed by atoms with van der Waals surface area (Å²) < 4.78 is 23.4. The highest BCUT2D eigenvalue weighted by Crippen LogP contribution is 2.26. The molecule has 18 heavy (non-hydrogen) atoms. The van der Waals surface area contributed by atoms with Crippen molar-refractivity contribution in [1.82, 2.24) is 0 Å². The Balaban J connectivity index is 2.62. The van der Waals surface area contributed by atoms with E-state index in [0.29, 0.717) is 12.2 Å². The molecule has 1 rings (SSSR count). The number of ether oxygens (including phenoxy) is 2. The molecule has 1 unspecified atom stereocenters. The average molecular weight is 258 g/mol. The Bertz CT molecular complexity index is 368. The predicted molar refractivity (Wildman–Crippen MR) is 65.0 cm³/mol. The molecule has 0 spiro atoms. The summed E-state index contributed by atoms with van der Waals surface area (Å²) >= 11 is 0. The van der Waals surface area contributed by atoms with Crippen molar-refractivity contribution in [2.75, 3.05) is 19.8 Å². The van der Waals surface area contributed by atoms with Crippen LogP contribution in [-0.4, -0.2) is 36.1 Å². The van der Waals surface area contributed by atoms with E-state index in [4.69, 9.17) is 9.47 Å². The zero-order chi connectivity index (χ0) is 13.5. The van der Waals surface area contributed by atoms with E-state index < -0.39 is 18.0 Å². The van der Waals surface area contributed by atoms with Gasteiger partial charge in [-0.3, -0.25) is 0 Å². The summed E-state index contributed by atoms with van der Waals surface area (Å²) in [5.74, 6) is -0.214. The topological polar surface area (TPSA) is 58.9 Å². The molecule has 2 atom stereocenters. The Morgan fingerprint density at radius 3 is 2.61 bits per heavy atom. The first-order valence-electron chi connectivity index (χ1n) is 5.90. The van der Waals surface area contributed by atoms with Gasteiger partial charge in [0.2, 0.25) is 0 Å². The fourth-order valence-electron chi connectivity index (χ4n) is 1.47. The minimum absolute atomic E-state index is 0.0107. The van der Waals surface area contributed by atoms with Crippen molar-refractivity contribution in [1.29, 1.82) is 0 Å². The molecule has 102 valence electrons. The molecule has 5 heteroatoms. The molecule has 1 aromatic rings. The van der Waals surface area contributed by atoms with Crippen LogP contribution in [0.15, 0.2) is 18.2 Å². The minimum atomic E-state index is -0.782. The second-order valence-electron chi connectivity index (χ2n) is 3.98. The summed E-state index contributed by atoms with van der Waals surface area (Å²) in [6, 6.07) is 3.91. The lowest BCUT2D eigenvalue weighted by atomic mass is 10.1. The summed E-state index contributed by atoms with van der Waals surface area (Å²) in [4.78, 5) is 0. The smallest absolute Gasteiger partial charge is 0.128 e. The summed E-state index contributed by atoms with van der Waals surface area (Å²) in [7, 11) is 0. The maximum atomic E-state index is 13.1. The molecule has 0 aliphatic rings. The van der Waals surface area contributed by atoms with Crippen LogP contribution in [0.5, 0.6) is 5.75 Å². The Hall–Kier alpha value is -1.17. The van der Waals surface area contributed by atoms with Crippen molar-refractivity contribution < 1.29 is 24.1 Å². The second kappa shape index (κ2) is 7.31. The highest BCUT2D eigenvalue weighted by atomic mass is 19.1. The number of halogens is 1. The molecule has 0 saturated carbocycles. The van der Waals surface area contributed by atoms with Gasteiger partial charge in [0.15, 0.2) is 0 Å². The van der Waals surface area contributed by atoms with Gasteiger partial charge >= 0.3 is 0 Å². The zero-order valence-corrected chi connectivity index (χ0v) is 10.6. The lowest BCUT2D eigenvalue weighted by Crippen LogP contribution is -2.23. The van der Waals surface area contributed by atoms with E-state index in [1.54, 1.807) is 6.92 Å². The van der Waals surface area contributed by atoms with E-state index in [0.717, 1.165) is 0 Å². The Kier molecular flexibility index (Phi) is 6.04. The van der Waals surface area contributed by atoms with Crippen molar-refractivity contribution in [2.24, 2.45) is 0 Å². The van der Waals surface area contributed by atoms with Crippen LogP contribution in [0.4, 0.5) is 4.39 Å². The minimum Gasteiger partial charge on any atom is -0.490 e. The summed E-state index contributed by atoms with van der Waals surface area (Å²) in [5.41, 5.74) is 0.486. The van der Waals surface area contributed by atoms with Crippen LogP contribution in [0.2, 0.25) is 0 Å². The van der Waals surface area contributed by atoms with Gasteiger partial charge in [0, 0.05) is 18.2 Å². The van der Waals surface area contributed by atoms with Gasteiger partial charge in [0.25, 0.3) is 0 Å². The SMILES string of the molecule is CCOCC(O)COc1cc(F)ccc1[C@@H](C)O. The number of aliphatic hydroxyl groups is 2. The van der Waals surface area contributed by atoms with E-state index in [-0.39, 0.29) is 19.0 Å². The van der Waals surface area contributed by atoms with Gasteiger partial charge in [0.1, 0.15) is 24.3 Å². The van der Waals surface area contributed by atoms with Crippen LogP contribution in [0.1, 0.15) is 25.5 Å². The van der Waals surface area contributed by atoms with E-state index in [2.05, 4.69) is 0 Å². The Morgan fingerprint density at radius 2 is 2.00 bits per heavy atom. The maximum absolute atomic E-state index is 13.1. The number of benzene rings is 1. The number of rotatable bonds is 7. The number of hydrogen-bond donors (Lipinski definition) is 2. The van der Waals surface area contributed by atoms with Crippen LogP contribution in [0, 0.1) is 5.82 Å². The number of aliphatic hydroxyl groups excluding tert-OH is 2. The molecule has 0 aliphatic heterocycles. The van der Waals surface area contributed by atoms with Crippen LogP contribution >= 0.6 is 0 Å². The largest absolute Gasteiger partial charge is 0.490 e. The van der Waals surface area contributed by atoms with E-state index in [1.807, 2.05) is 6.92 Å². The lowest BCUT2D eigenvalue weighted by Gasteiger charge is -2.16. The van der Waals surface area contributed by atoms with Gasteiger partial charge in [-0.15, -0.1) is 0 Å².